The van der Waals surface area contributed by atoms with Crippen LogP contribution in [0, 0.1) is 11.7 Å². The summed E-state index contributed by atoms with van der Waals surface area (Å²) in [4.78, 5) is 25.1. The van der Waals surface area contributed by atoms with Gasteiger partial charge in [0, 0.05) is 24.3 Å². The predicted molar refractivity (Wildman–Crippen MR) is 66.8 cm³/mol. The molecule has 0 bridgehead atoms. The minimum atomic E-state index is -0.549. The largest absolute Gasteiger partial charge is 0.469 e. The van der Waals surface area contributed by atoms with Gasteiger partial charge in [-0.1, -0.05) is 0 Å². The summed E-state index contributed by atoms with van der Waals surface area (Å²) in [6.07, 6.45) is 0.559. The van der Waals surface area contributed by atoms with Gasteiger partial charge in [-0.3, -0.25) is 9.59 Å². The number of rotatable bonds is 2. The highest BCUT2D eigenvalue weighted by molar-refractivity contribution is 5.95. The Balaban J connectivity index is 2.11. The predicted octanol–water partition coefficient (Wildman–Crippen LogP) is 1.04. The summed E-state index contributed by atoms with van der Waals surface area (Å²) in [5.41, 5.74) is 5.91. The topological polar surface area (TPSA) is 72.6 Å². The molecule has 1 atom stereocenters. The molecule has 1 aromatic rings. The lowest BCUT2D eigenvalue weighted by atomic mass is 10.1. The molecule has 0 aromatic heterocycles. The summed E-state index contributed by atoms with van der Waals surface area (Å²) in [5, 5.41) is 0. The Kier molecular flexibility index (Phi) is 3.69. The van der Waals surface area contributed by atoms with Crippen LogP contribution in [0.3, 0.4) is 0 Å². The van der Waals surface area contributed by atoms with E-state index in [0.717, 1.165) is 12.1 Å². The van der Waals surface area contributed by atoms with E-state index in [1.54, 1.807) is 0 Å². The van der Waals surface area contributed by atoms with Crippen LogP contribution in [-0.2, 0) is 9.53 Å². The standard InChI is InChI=1S/C13H15FN2O3/c1-19-13(18)8-2-3-16(7-8)12(17)9-4-10(14)6-11(15)5-9/h4-6,8H,2-3,7,15H2,1H3. The first kappa shape index (κ1) is 13.3. The van der Waals surface area contributed by atoms with Gasteiger partial charge in [0.05, 0.1) is 13.0 Å². The normalized spacial score (nSPS) is 18.4. The van der Waals surface area contributed by atoms with Crippen molar-refractivity contribution in [2.45, 2.75) is 6.42 Å². The number of hydrogen-bond donors (Lipinski definition) is 1. The number of hydrogen-bond acceptors (Lipinski definition) is 4. The number of carbonyl (C=O) groups excluding carboxylic acids is 2. The van der Waals surface area contributed by atoms with Crippen LogP contribution in [0.25, 0.3) is 0 Å². The third kappa shape index (κ3) is 2.83. The van der Waals surface area contributed by atoms with Gasteiger partial charge in [0.25, 0.3) is 5.91 Å². The maximum atomic E-state index is 13.2. The van der Waals surface area contributed by atoms with Gasteiger partial charge < -0.3 is 15.4 Å². The molecule has 1 fully saturated rings. The Hall–Kier alpha value is -2.11. The fourth-order valence-corrected chi connectivity index (χ4v) is 2.22. The van der Waals surface area contributed by atoms with Crippen LogP contribution in [0.5, 0.6) is 0 Å². The van der Waals surface area contributed by atoms with Crippen LogP contribution >= 0.6 is 0 Å². The van der Waals surface area contributed by atoms with E-state index < -0.39 is 5.82 Å². The molecule has 5 nitrogen and oxygen atoms in total. The van der Waals surface area contributed by atoms with E-state index in [2.05, 4.69) is 4.74 Å². The summed E-state index contributed by atoms with van der Waals surface area (Å²) < 4.78 is 17.9. The summed E-state index contributed by atoms with van der Waals surface area (Å²) >= 11 is 0. The minimum absolute atomic E-state index is 0.197. The molecule has 1 saturated heterocycles. The van der Waals surface area contributed by atoms with Crippen molar-refractivity contribution in [3.63, 3.8) is 0 Å². The van der Waals surface area contributed by atoms with E-state index in [1.807, 2.05) is 0 Å². The van der Waals surface area contributed by atoms with Gasteiger partial charge in [-0.15, -0.1) is 0 Å². The second-order valence-electron chi connectivity index (χ2n) is 4.53. The molecular weight excluding hydrogens is 251 g/mol. The van der Waals surface area contributed by atoms with Gasteiger partial charge in [-0.2, -0.15) is 0 Å². The lowest BCUT2D eigenvalue weighted by Crippen LogP contribution is -2.30. The number of methoxy groups -OCH3 is 1. The van der Waals surface area contributed by atoms with Gasteiger partial charge in [0.2, 0.25) is 0 Å². The lowest BCUT2D eigenvalue weighted by molar-refractivity contribution is -0.144. The van der Waals surface area contributed by atoms with Gasteiger partial charge in [-0.05, 0) is 24.6 Å². The first-order valence-electron chi connectivity index (χ1n) is 5.94. The molecule has 1 aliphatic rings. The Labute approximate surface area is 110 Å². The van der Waals surface area contributed by atoms with E-state index in [1.165, 1.54) is 18.1 Å². The van der Waals surface area contributed by atoms with E-state index in [9.17, 15) is 14.0 Å². The summed E-state index contributed by atoms with van der Waals surface area (Å²) in [6.45, 7) is 0.747. The third-order valence-electron chi connectivity index (χ3n) is 3.18. The zero-order chi connectivity index (χ0) is 14.0. The Morgan fingerprint density at radius 3 is 2.79 bits per heavy atom. The smallest absolute Gasteiger partial charge is 0.310 e. The molecule has 1 aliphatic heterocycles. The van der Waals surface area contributed by atoms with Crippen molar-refractivity contribution in [2.75, 3.05) is 25.9 Å². The number of nitrogen functional groups attached to an aromatic ring is 1. The monoisotopic (exact) mass is 266 g/mol. The molecule has 2 N–H and O–H groups in total. The SMILES string of the molecule is COC(=O)C1CCN(C(=O)c2cc(N)cc(F)c2)C1. The van der Waals surface area contributed by atoms with Crippen LogP contribution in [0.15, 0.2) is 18.2 Å². The fraction of sp³-hybridized carbons (Fsp3) is 0.385. The van der Waals surface area contributed by atoms with Crippen LogP contribution < -0.4 is 5.73 Å². The number of esters is 1. The number of likely N-dealkylation sites (tertiary alicyclic amines) is 1. The van der Waals surface area contributed by atoms with Gasteiger partial charge >= 0.3 is 5.97 Å². The van der Waals surface area contributed by atoms with Crippen molar-refractivity contribution >= 4 is 17.6 Å². The first-order valence-corrected chi connectivity index (χ1v) is 5.94. The Morgan fingerprint density at radius 2 is 2.16 bits per heavy atom. The zero-order valence-electron chi connectivity index (χ0n) is 10.6. The lowest BCUT2D eigenvalue weighted by Gasteiger charge is -2.16. The molecule has 1 aromatic carbocycles. The molecule has 0 aliphatic carbocycles. The molecule has 1 heterocycles. The average Bonchev–Trinajstić information content (AvgIpc) is 2.85. The van der Waals surface area contributed by atoms with Gasteiger partial charge in [0.1, 0.15) is 5.82 Å². The van der Waals surface area contributed by atoms with E-state index in [0.29, 0.717) is 19.5 Å². The number of nitrogens with two attached hydrogens (primary N) is 1. The molecule has 0 saturated carbocycles. The highest BCUT2D eigenvalue weighted by atomic mass is 19.1. The van der Waals surface area contributed by atoms with Crippen LogP contribution in [-0.4, -0.2) is 37.0 Å². The third-order valence-corrected chi connectivity index (χ3v) is 3.18. The van der Waals surface area contributed by atoms with Gasteiger partial charge in [-0.25, -0.2) is 4.39 Å². The molecular formula is C13H15FN2O3. The number of anilines is 1. The van der Waals surface area contributed by atoms with Gasteiger partial charge in [0.15, 0.2) is 0 Å². The Morgan fingerprint density at radius 1 is 1.42 bits per heavy atom. The molecule has 0 radical (unpaired) electrons. The van der Waals surface area contributed by atoms with Crippen molar-refractivity contribution in [1.29, 1.82) is 0 Å². The fourth-order valence-electron chi connectivity index (χ4n) is 2.22. The number of amides is 1. The molecule has 6 heteroatoms. The summed E-state index contributed by atoms with van der Waals surface area (Å²) in [5.74, 6) is -1.50. The first-order chi connectivity index (χ1) is 9.01. The van der Waals surface area contributed by atoms with E-state index in [-0.39, 0.29) is 29.0 Å². The number of carbonyl (C=O) groups is 2. The van der Waals surface area contributed by atoms with Crippen molar-refractivity contribution in [1.82, 2.24) is 4.90 Å². The quantitative estimate of drug-likeness (QED) is 0.641. The molecule has 2 rings (SSSR count). The van der Waals surface area contributed by atoms with E-state index >= 15 is 0 Å². The van der Waals surface area contributed by atoms with Crippen LogP contribution in [0.1, 0.15) is 16.8 Å². The zero-order valence-corrected chi connectivity index (χ0v) is 10.6. The number of ether oxygens (including phenoxy) is 1. The highest BCUT2D eigenvalue weighted by Crippen LogP contribution is 2.21. The van der Waals surface area contributed by atoms with Crippen LogP contribution in [0.4, 0.5) is 10.1 Å². The maximum Gasteiger partial charge on any atom is 0.310 e. The highest BCUT2D eigenvalue weighted by Gasteiger charge is 2.32. The molecule has 19 heavy (non-hydrogen) atoms. The number of benzene rings is 1. The van der Waals surface area contributed by atoms with Crippen molar-refractivity contribution in [2.24, 2.45) is 5.92 Å². The van der Waals surface area contributed by atoms with Crippen molar-refractivity contribution in [3.05, 3.63) is 29.6 Å². The Bertz CT molecular complexity index is 498. The second-order valence-corrected chi connectivity index (χ2v) is 4.53. The summed E-state index contributed by atoms with van der Waals surface area (Å²) in [6, 6.07) is 3.72. The number of halogens is 1. The average molecular weight is 266 g/mol. The molecule has 0 spiro atoms. The molecule has 1 unspecified atom stereocenters. The van der Waals surface area contributed by atoms with Crippen LogP contribution in [0.2, 0.25) is 0 Å². The van der Waals surface area contributed by atoms with E-state index in [4.69, 9.17) is 5.73 Å². The maximum absolute atomic E-state index is 13.2. The summed E-state index contributed by atoms with van der Waals surface area (Å²) in [7, 11) is 1.32. The molecule has 102 valence electrons. The number of nitrogens with zero attached hydrogens (tertiary/aromatic N) is 1. The molecule has 1 amide bonds. The van der Waals surface area contributed by atoms with Crippen molar-refractivity contribution in [3.8, 4) is 0 Å². The van der Waals surface area contributed by atoms with Crippen molar-refractivity contribution < 1.29 is 18.7 Å². The minimum Gasteiger partial charge on any atom is -0.469 e. The second kappa shape index (κ2) is 5.26.